The number of piperidine rings is 1. The van der Waals surface area contributed by atoms with Crippen molar-refractivity contribution < 1.29 is 0 Å². The molecule has 0 radical (unpaired) electrons. The third-order valence-electron chi connectivity index (χ3n) is 7.65. The van der Waals surface area contributed by atoms with Gasteiger partial charge in [-0.2, -0.15) is 5.10 Å². The van der Waals surface area contributed by atoms with Crippen molar-refractivity contribution in [1.29, 1.82) is 0 Å². The molecule has 3 aromatic heterocycles. The van der Waals surface area contributed by atoms with Gasteiger partial charge in [-0.1, -0.05) is 0 Å². The van der Waals surface area contributed by atoms with Crippen LogP contribution in [0.25, 0.3) is 27.7 Å². The van der Waals surface area contributed by atoms with E-state index < -0.39 is 0 Å². The first-order chi connectivity index (χ1) is 16.6. The van der Waals surface area contributed by atoms with E-state index in [4.69, 9.17) is 10.7 Å². The standard InChI is InChI=1S/C26H32N8/c1-18-13-25-22(14-24(18)27)21(3-6-28-25)23-16-30-34-17-20(15-29-26(23)34)32-7-4-19(5-8-32)33-11-9-31(2)10-12-33/h3,6,13-17,19H,4-5,7-12,27H2,1-2H3. The Morgan fingerprint density at radius 1 is 0.941 bits per heavy atom. The number of rotatable bonds is 3. The Labute approximate surface area is 200 Å². The van der Waals surface area contributed by atoms with Gasteiger partial charge in [-0.3, -0.25) is 9.88 Å². The Bertz CT molecular complexity index is 1330. The number of likely N-dealkylation sites (N-methyl/N-ethyl adjacent to an activating group) is 1. The van der Waals surface area contributed by atoms with Crippen LogP contribution in [0.4, 0.5) is 11.4 Å². The van der Waals surface area contributed by atoms with Crippen LogP contribution in [0.3, 0.4) is 0 Å². The molecular weight excluding hydrogens is 424 g/mol. The molecule has 0 saturated carbocycles. The average Bonchev–Trinajstić information content (AvgIpc) is 3.28. The Morgan fingerprint density at radius 2 is 1.74 bits per heavy atom. The maximum Gasteiger partial charge on any atom is 0.162 e. The lowest BCUT2D eigenvalue weighted by Gasteiger charge is -2.42. The van der Waals surface area contributed by atoms with Gasteiger partial charge in [0.2, 0.25) is 0 Å². The van der Waals surface area contributed by atoms with Crippen LogP contribution in [0.1, 0.15) is 18.4 Å². The van der Waals surface area contributed by atoms with Crippen LogP contribution in [0.15, 0.2) is 43.0 Å². The van der Waals surface area contributed by atoms with Gasteiger partial charge < -0.3 is 15.5 Å². The fourth-order valence-electron chi connectivity index (χ4n) is 5.44. The number of nitrogen functional groups attached to an aromatic ring is 1. The van der Waals surface area contributed by atoms with Crippen LogP contribution >= 0.6 is 0 Å². The topological polar surface area (TPSA) is 78.8 Å². The summed E-state index contributed by atoms with van der Waals surface area (Å²) in [6.45, 7) is 8.88. The number of benzene rings is 1. The summed E-state index contributed by atoms with van der Waals surface area (Å²) in [6.07, 6.45) is 10.3. The summed E-state index contributed by atoms with van der Waals surface area (Å²) in [4.78, 5) is 16.9. The summed E-state index contributed by atoms with van der Waals surface area (Å²) in [5.41, 5.74) is 13.0. The van der Waals surface area contributed by atoms with Crippen LogP contribution in [0.5, 0.6) is 0 Å². The number of hydrogen-bond acceptors (Lipinski definition) is 7. The first-order valence-corrected chi connectivity index (χ1v) is 12.2. The number of hydrogen-bond donors (Lipinski definition) is 1. The summed E-state index contributed by atoms with van der Waals surface area (Å²) in [5.74, 6) is 0. The van der Waals surface area contributed by atoms with Crippen LogP contribution in [0, 0.1) is 6.92 Å². The van der Waals surface area contributed by atoms with Crippen LogP contribution in [-0.2, 0) is 0 Å². The third kappa shape index (κ3) is 3.76. The number of nitrogens with two attached hydrogens (primary N) is 1. The normalized spacial score (nSPS) is 18.8. The van der Waals surface area contributed by atoms with E-state index in [1.165, 1.54) is 39.0 Å². The summed E-state index contributed by atoms with van der Waals surface area (Å²) in [7, 11) is 2.22. The predicted molar refractivity (Wildman–Crippen MR) is 137 cm³/mol. The molecule has 0 atom stereocenters. The fraction of sp³-hybridized carbons (Fsp3) is 0.423. The van der Waals surface area contributed by atoms with E-state index in [2.05, 4.69) is 38.0 Å². The predicted octanol–water partition coefficient (Wildman–Crippen LogP) is 3.05. The molecule has 2 aliphatic rings. The molecule has 0 bridgehead atoms. The van der Waals surface area contributed by atoms with E-state index in [-0.39, 0.29) is 0 Å². The third-order valence-corrected chi connectivity index (χ3v) is 7.65. The molecule has 1 aromatic carbocycles. The molecule has 0 unspecified atom stereocenters. The number of aromatic nitrogens is 4. The molecule has 2 N–H and O–H groups in total. The highest BCUT2D eigenvalue weighted by molar-refractivity contribution is 5.99. The van der Waals surface area contributed by atoms with Crippen molar-refractivity contribution in [2.75, 3.05) is 56.9 Å². The second-order valence-corrected chi connectivity index (χ2v) is 9.78. The maximum absolute atomic E-state index is 6.21. The Morgan fingerprint density at radius 3 is 2.53 bits per heavy atom. The van der Waals surface area contributed by atoms with Gasteiger partial charge in [-0.05, 0) is 56.1 Å². The molecule has 2 aliphatic heterocycles. The first-order valence-electron chi connectivity index (χ1n) is 12.2. The van der Waals surface area contributed by atoms with E-state index in [1.54, 1.807) is 0 Å². The van der Waals surface area contributed by atoms with Crippen molar-refractivity contribution in [1.82, 2.24) is 29.4 Å². The second kappa shape index (κ2) is 8.52. The lowest BCUT2D eigenvalue weighted by molar-refractivity contribution is 0.0982. The number of aryl methyl sites for hydroxylation is 1. The number of pyridine rings is 1. The van der Waals surface area contributed by atoms with Crippen molar-refractivity contribution in [3.05, 3.63) is 48.5 Å². The minimum absolute atomic E-state index is 0.703. The summed E-state index contributed by atoms with van der Waals surface area (Å²) < 4.78 is 1.90. The lowest BCUT2D eigenvalue weighted by atomic mass is 10.0. The molecule has 8 heteroatoms. The molecule has 6 rings (SSSR count). The van der Waals surface area contributed by atoms with Gasteiger partial charge in [0.25, 0.3) is 0 Å². The van der Waals surface area contributed by atoms with E-state index in [0.717, 1.165) is 57.7 Å². The molecule has 0 spiro atoms. The molecule has 2 fully saturated rings. The van der Waals surface area contributed by atoms with E-state index >= 15 is 0 Å². The number of anilines is 2. The van der Waals surface area contributed by atoms with E-state index in [0.29, 0.717) is 6.04 Å². The van der Waals surface area contributed by atoms with Gasteiger partial charge in [-0.25, -0.2) is 9.50 Å². The number of fused-ring (bicyclic) bond motifs is 2. The lowest BCUT2D eigenvalue weighted by Crippen LogP contribution is -2.52. The Hall–Kier alpha value is -3.23. The molecule has 176 valence electrons. The molecular formula is C26H32N8. The van der Waals surface area contributed by atoms with Crippen LogP contribution in [0.2, 0.25) is 0 Å². The van der Waals surface area contributed by atoms with Crippen molar-refractivity contribution in [2.24, 2.45) is 0 Å². The highest BCUT2D eigenvalue weighted by atomic mass is 15.3. The molecule has 5 heterocycles. The van der Waals surface area contributed by atoms with Gasteiger partial charge >= 0.3 is 0 Å². The smallest absolute Gasteiger partial charge is 0.162 e. The molecule has 2 saturated heterocycles. The highest BCUT2D eigenvalue weighted by Crippen LogP contribution is 2.33. The quantitative estimate of drug-likeness (QED) is 0.475. The summed E-state index contributed by atoms with van der Waals surface area (Å²) in [6, 6.07) is 6.77. The minimum atomic E-state index is 0.703. The minimum Gasteiger partial charge on any atom is -0.398 e. The average molecular weight is 457 g/mol. The zero-order valence-corrected chi connectivity index (χ0v) is 20.0. The van der Waals surface area contributed by atoms with Gasteiger partial charge in [0.15, 0.2) is 5.65 Å². The second-order valence-electron chi connectivity index (χ2n) is 9.78. The van der Waals surface area contributed by atoms with Gasteiger partial charge in [0.05, 0.1) is 29.8 Å². The fourth-order valence-corrected chi connectivity index (χ4v) is 5.44. The largest absolute Gasteiger partial charge is 0.398 e. The van der Waals surface area contributed by atoms with Gasteiger partial charge in [-0.15, -0.1) is 0 Å². The first kappa shape index (κ1) is 21.3. The van der Waals surface area contributed by atoms with E-state index in [1.807, 2.05) is 48.2 Å². The molecule has 0 aliphatic carbocycles. The SMILES string of the molecule is Cc1cc2nccc(-c3cnn4cc(N5CCC(N6CCN(C)CC6)CC5)cnc34)c2cc1N. The van der Waals surface area contributed by atoms with Gasteiger partial charge in [0.1, 0.15) is 0 Å². The summed E-state index contributed by atoms with van der Waals surface area (Å²) >= 11 is 0. The van der Waals surface area contributed by atoms with Crippen molar-refractivity contribution in [3.63, 3.8) is 0 Å². The molecule has 8 nitrogen and oxygen atoms in total. The van der Waals surface area contributed by atoms with Crippen molar-refractivity contribution >= 4 is 27.9 Å². The van der Waals surface area contributed by atoms with Crippen molar-refractivity contribution in [3.8, 4) is 11.1 Å². The molecule has 0 amide bonds. The zero-order chi connectivity index (χ0) is 23.2. The monoisotopic (exact) mass is 456 g/mol. The number of piperazine rings is 1. The molecule has 4 aromatic rings. The van der Waals surface area contributed by atoms with Crippen LogP contribution in [-0.4, -0.2) is 81.7 Å². The Balaban J connectivity index is 1.24. The van der Waals surface area contributed by atoms with Crippen molar-refractivity contribution in [2.45, 2.75) is 25.8 Å². The molecule has 34 heavy (non-hydrogen) atoms. The summed E-state index contributed by atoms with van der Waals surface area (Å²) in [5, 5.41) is 5.68. The Kier molecular flexibility index (Phi) is 5.34. The van der Waals surface area contributed by atoms with Gasteiger partial charge in [0, 0.05) is 68.1 Å². The zero-order valence-electron chi connectivity index (χ0n) is 20.0. The highest BCUT2D eigenvalue weighted by Gasteiger charge is 2.27. The number of nitrogens with zero attached hydrogens (tertiary/aromatic N) is 7. The van der Waals surface area contributed by atoms with E-state index in [9.17, 15) is 0 Å². The van der Waals surface area contributed by atoms with Crippen LogP contribution < -0.4 is 10.6 Å². The maximum atomic E-state index is 6.21.